The number of aromatic amines is 1. The number of carbonyl (C=O) groups excluding carboxylic acids is 2. The molecule has 0 aliphatic rings. The molecular formula is C15H17N3O4. The molecule has 1 aromatic carbocycles. The summed E-state index contributed by atoms with van der Waals surface area (Å²) in [6.45, 7) is 2.34. The lowest BCUT2D eigenvalue weighted by molar-refractivity contribution is -0.136. The average Bonchev–Trinajstić information content (AvgIpc) is 2.51. The van der Waals surface area contributed by atoms with E-state index in [-0.39, 0.29) is 11.4 Å². The van der Waals surface area contributed by atoms with E-state index in [4.69, 9.17) is 0 Å². The molecule has 0 saturated carbocycles. The van der Waals surface area contributed by atoms with Gasteiger partial charge < -0.3 is 20.7 Å². The van der Waals surface area contributed by atoms with E-state index in [0.717, 1.165) is 12.8 Å². The second-order valence-electron chi connectivity index (χ2n) is 4.79. The fraction of sp³-hybridized carbons (Fsp3) is 0.267. The molecule has 2 rings (SSSR count). The fourth-order valence-corrected chi connectivity index (χ4v) is 1.97. The molecule has 22 heavy (non-hydrogen) atoms. The molecule has 0 saturated heterocycles. The number of fused-ring (bicyclic) bond motifs is 1. The Bertz CT molecular complexity index is 767. The molecule has 1 aromatic heterocycles. The van der Waals surface area contributed by atoms with Crippen molar-refractivity contribution in [1.82, 2.24) is 10.3 Å². The quantitative estimate of drug-likeness (QED) is 0.500. The van der Waals surface area contributed by atoms with Crippen LogP contribution in [0.4, 0.5) is 5.69 Å². The number of hydrogen-bond acceptors (Lipinski definition) is 4. The van der Waals surface area contributed by atoms with Crippen molar-refractivity contribution >= 4 is 28.4 Å². The topological polar surface area (TPSA) is 111 Å². The van der Waals surface area contributed by atoms with Crippen LogP contribution in [0.3, 0.4) is 0 Å². The van der Waals surface area contributed by atoms with E-state index in [1.807, 2.05) is 6.92 Å². The van der Waals surface area contributed by atoms with Gasteiger partial charge in [-0.25, -0.2) is 0 Å². The summed E-state index contributed by atoms with van der Waals surface area (Å²) in [5, 5.41) is 15.1. The number of H-pyrrole nitrogens is 1. The largest absolute Gasteiger partial charge is 0.505 e. The van der Waals surface area contributed by atoms with Crippen molar-refractivity contribution in [2.24, 2.45) is 0 Å². The van der Waals surface area contributed by atoms with Crippen LogP contribution in [-0.2, 0) is 9.59 Å². The van der Waals surface area contributed by atoms with E-state index in [1.54, 1.807) is 24.3 Å². The Morgan fingerprint density at radius 1 is 1.23 bits per heavy atom. The summed E-state index contributed by atoms with van der Waals surface area (Å²) in [5.74, 6) is -2.21. The first-order chi connectivity index (χ1) is 10.5. The van der Waals surface area contributed by atoms with Gasteiger partial charge in [0.15, 0.2) is 11.4 Å². The monoisotopic (exact) mass is 303 g/mol. The van der Waals surface area contributed by atoms with Crippen LogP contribution in [-0.4, -0.2) is 28.4 Å². The zero-order valence-electron chi connectivity index (χ0n) is 12.1. The molecule has 7 heteroatoms. The highest BCUT2D eigenvalue weighted by atomic mass is 16.3. The van der Waals surface area contributed by atoms with Crippen molar-refractivity contribution in [3.63, 3.8) is 0 Å². The van der Waals surface area contributed by atoms with Crippen LogP contribution in [0.1, 0.15) is 19.8 Å². The van der Waals surface area contributed by atoms with E-state index in [1.165, 1.54) is 0 Å². The molecule has 0 radical (unpaired) electrons. The number of aromatic hydroxyl groups is 1. The highest BCUT2D eigenvalue weighted by Crippen LogP contribution is 2.27. The van der Waals surface area contributed by atoms with Crippen molar-refractivity contribution < 1.29 is 14.7 Å². The average molecular weight is 303 g/mol. The minimum Gasteiger partial charge on any atom is -0.505 e. The molecule has 1 heterocycles. The Morgan fingerprint density at radius 3 is 2.68 bits per heavy atom. The Hall–Kier alpha value is -2.83. The third-order valence-electron chi connectivity index (χ3n) is 3.15. The van der Waals surface area contributed by atoms with E-state index < -0.39 is 17.4 Å². The van der Waals surface area contributed by atoms with Crippen LogP contribution in [0.5, 0.6) is 5.75 Å². The molecule has 0 unspecified atom stereocenters. The number of unbranched alkanes of at least 4 members (excludes halogenated alkanes) is 1. The number of rotatable bonds is 4. The zero-order chi connectivity index (χ0) is 16.1. The molecule has 0 aliphatic heterocycles. The highest BCUT2D eigenvalue weighted by molar-refractivity contribution is 6.39. The van der Waals surface area contributed by atoms with E-state index >= 15 is 0 Å². The molecule has 0 fully saturated rings. The third kappa shape index (κ3) is 3.25. The normalized spacial score (nSPS) is 10.4. The Labute approximate surface area is 126 Å². The summed E-state index contributed by atoms with van der Waals surface area (Å²) in [4.78, 5) is 37.8. The van der Waals surface area contributed by atoms with E-state index in [9.17, 15) is 19.5 Å². The van der Waals surface area contributed by atoms with Gasteiger partial charge in [0.1, 0.15) is 0 Å². The van der Waals surface area contributed by atoms with E-state index in [0.29, 0.717) is 17.4 Å². The van der Waals surface area contributed by atoms with Gasteiger partial charge >= 0.3 is 11.8 Å². The number of hydrogen-bond donors (Lipinski definition) is 4. The van der Waals surface area contributed by atoms with E-state index in [2.05, 4.69) is 15.6 Å². The molecule has 0 aliphatic carbocycles. The summed E-state index contributed by atoms with van der Waals surface area (Å²) in [5.41, 5.74) is -0.573. The van der Waals surface area contributed by atoms with Crippen LogP contribution in [0.2, 0.25) is 0 Å². The number of benzene rings is 1. The van der Waals surface area contributed by atoms with Crippen LogP contribution in [0, 0.1) is 0 Å². The number of pyridine rings is 1. The van der Waals surface area contributed by atoms with Crippen molar-refractivity contribution in [3.05, 3.63) is 34.6 Å². The van der Waals surface area contributed by atoms with Gasteiger partial charge in [-0.05, 0) is 18.6 Å². The number of para-hydroxylation sites is 1. The molecule has 2 aromatic rings. The lowest BCUT2D eigenvalue weighted by Crippen LogP contribution is -2.37. The van der Waals surface area contributed by atoms with Gasteiger partial charge in [-0.15, -0.1) is 0 Å². The number of carbonyl (C=O) groups is 2. The van der Waals surface area contributed by atoms with Gasteiger partial charge in [0.2, 0.25) is 0 Å². The predicted molar refractivity (Wildman–Crippen MR) is 82.8 cm³/mol. The minimum atomic E-state index is -0.993. The summed E-state index contributed by atoms with van der Waals surface area (Å²) < 4.78 is 0. The number of amides is 2. The van der Waals surface area contributed by atoms with Gasteiger partial charge in [0.25, 0.3) is 5.56 Å². The van der Waals surface area contributed by atoms with Crippen molar-refractivity contribution in [2.45, 2.75) is 19.8 Å². The number of aromatic nitrogens is 1. The summed E-state index contributed by atoms with van der Waals surface area (Å²) in [6, 6.07) is 6.61. The first-order valence-corrected chi connectivity index (χ1v) is 6.97. The minimum absolute atomic E-state index is 0.339. The maximum Gasteiger partial charge on any atom is 0.313 e. The lowest BCUT2D eigenvalue weighted by Gasteiger charge is -2.09. The van der Waals surface area contributed by atoms with Gasteiger partial charge in [0.05, 0.1) is 5.52 Å². The maximum absolute atomic E-state index is 11.9. The molecule has 0 spiro atoms. The molecule has 0 atom stereocenters. The fourth-order valence-electron chi connectivity index (χ4n) is 1.97. The Kier molecular flexibility index (Phi) is 4.77. The van der Waals surface area contributed by atoms with Crippen LogP contribution < -0.4 is 16.2 Å². The zero-order valence-corrected chi connectivity index (χ0v) is 12.1. The third-order valence-corrected chi connectivity index (χ3v) is 3.15. The SMILES string of the molecule is CCCCNC(=O)C(=O)Nc1c(O)c2ccccc2[nH]c1=O. The standard InChI is InChI=1S/C15H17N3O4/c1-2-3-8-16-14(21)15(22)18-11-12(19)9-6-4-5-7-10(9)17-13(11)20/h4-7H,2-3,8H2,1H3,(H,16,21)(H,18,22)(H2,17,19,20). The molecule has 2 amide bonds. The highest BCUT2D eigenvalue weighted by Gasteiger charge is 2.18. The molecule has 7 nitrogen and oxygen atoms in total. The molecule has 0 bridgehead atoms. The van der Waals surface area contributed by atoms with Crippen LogP contribution in [0.15, 0.2) is 29.1 Å². The Morgan fingerprint density at radius 2 is 1.95 bits per heavy atom. The summed E-state index contributed by atoms with van der Waals surface area (Å²) in [7, 11) is 0. The van der Waals surface area contributed by atoms with Crippen molar-refractivity contribution in [2.75, 3.05) is 11.9 Å². The summed E-state index contributed by atoms with van der Waals surface area (Å²) >= 11 is 0. The first kappa shape index (κ1) is 15.6. The maximum atomic E-state index is 11.9. The molecule has 116 valence electrons. The predicted octanol–water partition coefficient (Wildman–Crippen LogP) is 1.09. The number of anilines is 1. The Balaban J connectivity index is 2.23. The van der Waals surface area contributed by atoms with Gasteiger partial charge in [0, 0.05) is 11.9 Å². The number of nitrogens with one attached hydrogen (secondary N) is 3. The van der Waals surface area contributed by atoms with Crippen LogP contribution >= 0.6 is 0 Å². The van der Waals surface area contributed by atoms with Crippen LogP contribution in [0.25, 0.3) is 10.9 Å². The van der Waals surface area contributed by atoms with Gasteiger partial charge in [-0.2, -0.15) is 0 Å². The smallest absolute Gasteiger partial charge is 0.313 e. The van der Waals surface area contributed by atoms with Gasteiger partial charge in [-0.3, -0.25) is 14.4 Å². The summed E-state index contributed by atoms with van der Waals surface area (Å²) in [6.07, 6.45) is 1.63. The van der Waals surface area contributed by atoms with Gasteiger partial charge in [-0.1, -0.05) is 25.5 Å². The lowest BCUT2D eigenvalue weighted by atomic mass is 10.2. The van der Waals surface area contributed by atoms with Crippen molar-refractivity contribution in [3.8, 4) is 5.75 Å². The van der Waals surface area contributed by atoms with Crippen molar-refractivity contribution in [1.29, 1.82) is 0 Å². The molecular weight excluding hydrogens is 286 g/mol. The molecule has 4 N–H and O–H groups in total. The first-order valence-electron chi connectivity index (χ1n) is 6.97. The second kappa shape index (κ2) is 6.75. The second-order valence-corrected chi connectivity index (χ2v) is 4.79.